The van der Waals surface area contributed by atoms with Gasteiger partial charge in [-0.25, -0.2) is 19.4 Å². The fraction of sp³-hybridized carbons (Fsp3) is 0.727. The first kappa shape index (κ1) is 27.7. The highest BCUT2D eigenvalue weighted by Gasteiger charge is 2.30. The molecule has 10 heteroatoms. The second-order valence-corrected chi connectivity index (χ2v) is 10.7. The second kappa shape index (κ2) is 11.0. The van der Waals surface area contributed by atoms with E-state index in [2.05, 4.69) is 10.3 Å². The van der Waals surface area contributed by atoms with Gasteiger partial charge < -0.3 is 19.5 Å². The summed E-state index contributed by atoms with van der Waals surface area (Å²) in [6.07, 6.45) is -0.769. The molecule has 1 aromatic heterocycles. The summed E-state index contributed by atoms with van der Waals surface area (Å²) >= 11 is 1.05. The van der Waals surface area contributed by atoms with E-state index in [1.165, 1.54) is 4.90 Å². The molecule has 2 atom stereocenters. The first-order chi connectivity index (χ1) is 14.5. The summed E-state index contributed by atoms with van der Waals surface area (Å²) in [5.74, 6) is -0.482. The van der Waals surface area contributed by atoms with Gasteiger partial charge in [-0.3, -0.25) is 4.90 Å². The number of thiazole rings is 1. The Kier molecular flexibility index (Phi) is 9.50. The van der Waals surface area contributed by atoms with Gasteiger partial charge in [-0.2, -0.15) is 0 Å². The predicted octanol–water partition coefficient (Wildman–Crippen LogP) is 5.06. The van der Waals surface area contributed by atoms with Gasteiger partial charge in [0.2, 0.25) is 0 Å². The minimum Gasteiger partial charge on any atom is -0.458 e. The van der Waals surface area contributed by atoms with E-state index in [1.54, 1.807) is 55.4 Å². The number of anilines is 1. The van der Waals surface area contributed by atoms with Crippen LogP contribution in [-0.4, -0.2) is 53.0 Å². The fourth-order valence-corrected chi connectivity index (χ4v) is 3.33. The lowest BCUT2D eigenvalue weighted by Crippen LogP contribution is -2.47. The van der Waals surface area contributed by atoms with Crippen LogP contribution in [0.15, 0.2) is 0 Å². The van der Waals surface area contributed by atoms with Gasteiger partial charge in [-0.15, -0.1) is 0 Å². The number of nitrogens with one attached hydrogen (secondary N) is 1. The zero-order valence-electron chi connectivity index (χ0n) is 20.8. The molecule has 0 aromatic carbocycles. The molecular formula is C22H37N3O6S. The monoisotopic (exact) mass is 471 g/mol. The lowest BCUT2D eigenvalue weighted by molar-refractivity contribution is 0.0338. The van der Waals surface area contributed by atoms with Crippen LogP contribution in [0.5, 0.6) is 0 Å². The fourth-order valence-electron chi connectivity index (χ4n) is 2.38. The number of ether oxygens (including phenoxy) is 3. The van der Waals surface area contributed by atoms with E-state index in [0.29, 0.717) is 17.0 Å². The van der Waals surface area contributed by atoms with E-state index >= 15 is 0 Å². The van der Waals surface area contributed by atoms with Crippen LogP contribution in [0.1, 0.15) is 84.1 Å². The lowest BCUT2D eigenvalue weighted by Gasteiger charge is -2.28. The van der Waals surface area contributed by atoms with Crippen LogP contribution < -0.4 is 10.2 Å². The number of esters is 1. The van der Waals surface area contributed by atoms with Gasteiger partial charge in [0.05, 0.1) is 18.3 Å². The molecule has 0 bridgehead atoms. The summed E-state index contributed by atoms with van der Waals surface area (Å²) < 4.78 is 16.2. The van der Waals surface area contributed by atoms with Crippen molar-refractivity contribution >= 4 is 34.6 Å². The molecule has 1 aromatic rings. The molecule has 0 aliphatic heterocycles. The Hall–Kier alpha value is -2.36. The maximum Gasteiger partial charge on any atom is 0.416 e. The minimum absolute atomic E-state index is 0.0704. The maximum absolute atomic E-state index is 12.9. The average Bonchev–Trinajstić information content (AvgIpc) is 2.97. The highest BCUT2D eigenvalue weighted by atomic mass is 32.1. The third-order valence-corrected chi connectivity index (χ3v) is 5.08. The Balaban J connectivity index is 3.12. The molecule has 9 nitrogen and oxygen atoms in total. The predicted molar refractivity (Wildman–Crippen MR) is 124 cm³/mol. The first-order valence-electron chi connectivity index (χ1n) is 10.7. The molecule has 2 unspecified atom stereocenters. The zero-order chi connectivity index (χ0) is 24.9. The highest BCUT2D eigenvalue weighted by Crippen LogP contribution is 2.29. The van der Waals surface area contributed by atoms with Crippen molar-refractivity contribution in [1.82, 2.24) is 10.3 Å². The number of alkyl carbamates (subject to hydrolysis) is 1. The molecule has 1 heterocycles. The molecule has 1 N–H and O–H groups in total. The van der Waals surface area contributed by atoms with Crippen molar-refractivity contribution in [3.05, 3.63) is 10.6 Å². The number of carbonyl (C=O) groups is 3. The molecule has 0 saturated heterocycles. The summed E-state index contributed by atoms with van der Waals surface area (Å²) in [5, 5.41) is 2.99. The van der Waals surface area contributed by atoms with Gasteiger partial charge in [0, 0.05) is 6.04 Å². The summed E-state index contributed by atoms with van der Waals surface area (Å²) in [6, 6.07) is -0.475. The highest BCUT2D eigenvalue weighted by molar-refractivity contribution is 7.17. The van der Waals surface area contributed by atoms with Crippen molar-refractivity contribution < 1.29 is 28.6 Å². The van der Waals surface area contributed by atoms with Crippen LogP contribution in [0.2, 0.25) is 0 Å². The van der Waals surface area contributed by atoms with E-state index in [4.69, 9.17) is 14.2 Å². The number of aromatic nitrogens is 1. The summed E-state index contributed by atoms with van der Waals surface area (Å²) in [4.78, 5) is 43.6. The molecular weight excluding hydrogens is 434 g/mol. The molecule has 0 spiro atoms. The summed E-state index contributed by atoms with van der Waals surface area (Å²) in [6.45, 7) is 17.8. The van der Waals surface area contributed by atoms with Gasteiger partial charge in [0.15, 0.2) is 5.13 Å². The molecule has 0 saturated carbocycles. The summed E-state index contributed by atoms with van der Waals surface area (Å²) in [5.41, 5.74) is -0.923. The number of hydrogen-bond donors (Lipinski definition) is 1. The van der Waals surface area contributed by atoms with E-state index in [1.807, 2.05) is 13.8 Å². The van der Waals surface area contributed by atoms with Crippen LogP contribution in [0.25, 0.3) is 0 Å². The third-order valence-electron chi connectivity index (χ3n) is 3.92. The zero-order valence-corrected chi connectivity index (χ0v) is 21.6. The number of aryl methyl sites for hydroxylation is 1. The Morgan fingerprint density at radius 1 is 1.06 bits per heavy atom. The van der Waals surface area contributed by atoms with Crippen LogP contribution in [-0.2, 0) is 14.2 Å². The molecule has 0 aliphatic carbocycles. The average molecular weight is 472 g/mol. The number of nitrogens with zero attached hydrogens (tertiary/aromatic N) is 2. The number of rotatable bonds is 7. The van der Waals surface area contributed by atoms with Crippen molar-refractivity contribution in [2.45, 2.75) is 99.0 Å². The minimum atomic E-state index is -0.734. The van der Waals surface area contributed by atoms with Crippen molar-refractivity contribution in [2.24, 2.45) is 0 Å². The Bertz CT molecular complexity index is 810. The smallest absolute Gasteiger partial charge is 0.416 e. The standard InChI is InChI=1S/C22H37N3O6S/c1-11-14(3)29-17(26)16-15(4)24-18(32-16)25(20(28)31-22(8,9)10)12-13(2)23-19(27)30-21(5,6)7/h13-14H,11-12H2,1-10H3,(H,23,27). The molecule has 182 valence electrons. The Labute approximate surface area is 194 Å². The van der Waals surface area contributed by atoms with Crippen LogP contribution in [0.4, 0.5) is 14.7 Å². The lowest BCUT2D eigenvalue weighted by atomic mass is 10.2. The van der Waals surface area contributed by atoms with Crippen LogP contribution in [0.3, 0.4) is 0 Å². The van der Waals surface area contributed by atoms with Crippen molar-refractivity contribution in [1.29, 1.82) is 0 Å². The van der Waals surface area contributed by atoms with Gasteiger partial charge >= 0.3 is 18.2 Å². The quantitative estimate of drug-likeness (QED) is 0.437. The van der Waals surface area contributed by atoms with E-state index in [0.717, 1.165) is 11.3 Å². The van der Waals surface area contributed by atoms with E-state index in [-0.39, 0.29) is 17.8 Å². The molecule has 0 aliphatic rings. The van der Waals surface area contributed by atoms with Crippen LogP contribution >= 0.6 is 11.3 Å². The third kappa shape index (κ3) is 9.42. The Morgan fingerprint density at radius 2 is 1.62 bits per heavy atom. The van der Waals surface area contributed by atoms with Gasteiger partial charge in [0.1, 0.15) is 16.1 Å². The van der Waals surface area contributed by atoms with Crippen LogP contribution in [0, 0.1) is 6.92 Å². The molecule has 0 radical (unpaired) electrons. The van der Waals surface area contributed by atoms with Crippen molar-refractivity contribution in [3.8, 4) is 0 Å². The van der Waals surface area contributed by atoms with Crippen molar-refractivity contribution in [2.75, 3.05) is 11.4 Å². The van der Waals surface area contributed by atoms with E-state index < -0.39 is 35.4 Å². The largest absolute Gasteiger partial charge is 0.458 e. The number of carbonyl (C=O) groups excluding carboxylic acids is 3. The van der Waals surface area contributed by atoms with Gasteiger partial charge in [-0.1, -0.05) is 18.3 Å². The first-order valence-corrected chi connectivity index (χ1v) is 11.5. The van der Waals surface area contributed by atoms with Gasteiger partial charge in [-0.05, 0) is 68.7 Å². The van der Waals surface area contributed by atoms with Gasteiger partial charge in [0.25, 0.3) is 0 Å². The number of amides is 2. The molecule has 0 fully saturated rings. The SMILES string of the molecule is CCC(C)OC(=O)c1sc(N(CC(C)NC(=O)OC(C)(C)C)C(=O)OC(C)(C)C)nc1C. The Morgan fingerprint density at radius 3 is 2.12 bits per heavy atom. The van der Waals surface area contributed by atoms with Crippen molar-refractivity contribution in [3.63, 3.8) is 0 Å². The van der Waals surface area contributed by atoms with E-state index in [9.17, 15) is 14.4 Å². The maximum atomic E-state index is 12.9. The molecule has 2 amide bonds. The second-order valence-electron chi connectivity index (χ2n) is 9.67. The molecule has 32 heavy (non-hydrogen) atoms. The topological polar surface area (TPSA) is 107 Å². The normalized spacial score (nSPS) is 13.7. The summed E-state index contributed by atoms with van der Waals surface area (Å²) in [7, 11) is 0. The number of hydrogen-bond acceptors (Lipinski definition) is 8. The molecule has 1 rings (SSSR count).